The molecule has 0 radical (unpaired) electrons. The van der Waals surface area contributed by atoms with Gasteiger partial charge in [0.1, 0.15) is 6.04 Å². The normalized spacial score (nSPS) is 21.2. The predicted molar refractivity (Wildman–Crippen MR) is 71.2 cm³/mol. The molecule has 0 aromatic heterocycles. The summed E-state index contributed by atoms with van der Waals surface area (Å²) in [7, 11) is 1.74. The molecule has 0 aromatic rings. The highest BCUT2D eigenvalue weighted by Crippen LogP contribution is 2.09. The zero-order valence-electron chi connectivity index (χ0n) is 11.7. The zero-order valence-corrected chi connectivity index (χ0v) is 11.7. The molecule has 0 bridgehead atoms. The molecule has 2 unspecified atom stereocenters. The number of nitrogens with zero attached hydrogens (tertiary/aromatic N) is 1. The van der Waals surface area contributed by atoms with E-state index in [4.69, 9.17) is 0 Å². The minimum atomic E-state index is -0.439. The molecule has 18 heavy (non-hydrogen) atoms. The first kappa shape index (κ1) is 15.0. The average Bonchev–Trinajstić information content (AvgIpc) is 2.37. The van der Waals surface area contributed by atoms with E-state index in [1.165, 1.54) is 12.8 Å². The summed E-state index contributed by atoms with van der Waals surface area (Å²) < 4.78 is 0. The number of amides is 2. The van der Waals surface area contributed by atoms with Gasteiger partial charge in [0.25, 0.3) is 0 Å². The standard InChI is InChI=1S/C13H25N3O2/c1-4-16(3)13(18)10(2)15-12(17)9-11-7-5-6-8-14-11/h10-11,14H,4-9H2,1-3H3,(H,15,17). The first-order valence-electron chi connectivity index (χ1n) is 6.82. The molecular weight excluding hydrogens is 230 g/mol. The van der Waals surface area contributed by atoms with E-state index in [0.717, 1.165) is 13.0 Å². The van der Waals surface area contributed by atoms with Gasteiger partial charge >= 0.3 is 0 Å². The van der Waals surface area contributed by atoms with Gasteiger partial charge in [-0.05, 0) is 33.2 Å². The lowest BCUT2D eigenvalue weighted by molar-refractivity contribution is -0.134. The molecule has 1 aliphatic heterocycles. The lowest BCUT2D eigenvalue weighted by atomic mass is 10.0. The highest BCUT2D eigenvalue weighted by Gasteiger charge is 2.21. The van der Waals surface area contributed by atoms with Gasteiger partial charge in [0, 0.05) is 26.1 Å². The smallest absolute Gasteiger partial charge is 0.244 e. The van der Waals surface area contributed by atoms with Crippen molar-refractivity contribution in [1.82, 2.24) is 15.5 Å². The van der Waals surface area contributed by atoms with Crippen molar-refractivity contribution < 1.29 is 9.59 Å². The lowest BCUT2D eigenvalue weighted by Gasteiger charge is -2.24. The van der Waals surface area contributed by atoms with E-state index in [2.05, 4.69) is 10.6 Å². The van der Waals surface area contributed by atoms with Crippen LogP contribution in [-0.2, 0) is 9.59 Å². The SMILES string of the molecule is CCN(C)C(=O)C(C)NC(=O)CC1CCCCN1. The number of likely N-dealkylation sites (N-methyl/N-ethyl adjacent to an activating group) is 1. The van der Waals surface area contributed by atoms with Gasteiger partial charge in [0.2, 0.25) is 11.8 Å². The van der Waals surface area contributed by atoms with Gasteiger partial charge in [-0.25, -0.2) is 0 Å². The number of hydrogen-bond donors (Lipinski definition) is 2. The van der Waals surface area contributed by atoms with E-state index >= 15 is 0 Å². The van der Waals surface area contributed by atoms with Crippen LogP contribution >= 0.6 is 0 Å². The molecule has 1 fully saturated rings. The van der Waals surface area contributed by atoms with Crippen molar-refractivity contribution in [3.63, 3.8) is 0 Å². The highest BCUT2D eigenvalue weighted by molar-refractivity contribution is 5.87. The Kier molecular flexibility index (Phi) is 6.12. The maximum absolute atomic E-state index is 11.8. The first-order chi connectivity index (χ1) is 8.54. The van der Waals surface area contributed by atoms with Crippen LogP contribution in [0.3, 0.4) is 0 Å². The van der Waals surface area contributed by atoms with Crippen molar-refractivity contribution in [3.8, 4) is 0 Å². The Bertz CT molecular complexity index is 288. The summed E-state index contributed by atoms with van der Waals surface area (Å²) in [4.78, 5) is 25.2. The van der Waals surface area contributed by atoms with E-state index < -0.39 is 6.04 Å². The molecule has 2 atom stereocenters. The fourth-order valence-electron chi connectivity index (χ4n) is 2.17. The second kappa shape index (κ2) is 7.36. The van der Waals surface area contributed by atoms with Gasteiger partial charge in [-0.2, -0.15) is 0 Å². The van der Waals surface area contributed by atoms with Crippen LogP contribution in [0.15, 0.2) is 0 Å². The number of rotatable bonds is 5. The van der Waals surface area contributed by atoms with Crippen LogP contribution in [0.5, 0.6) is 0 Å². The molecule has 0 aliphatic carbocycles. The minimum Gasteiger partial charge on any atom is -0.345 e. The molecule has 0 spiro atoms. The topological polar surface area (TPSA) is 61.4 Å². The van der Waals surface area contributed by atoms with Gasteiger partial charge in [0.15, 0.2) is 0 Å². The highest BCUT2D eigenvalue weighted by atomic mass is 16.2. The van der Waals surface area contributed by atoms with E-state index in [1.54, 1.807) is 18.9 Å². The predicted octanol–water partition coefficient (Wildman–Crippen LogP) is 0.502. The maximum atomic E-state index is 11.8. The van der Waals surface area contributed by atoms with Crippen molar-refractivity contribution in [3.05, 3.63) is 0 Å². The average molecular weight is 255 g/mol. The summed E-state index contributed by atoms with van der Waals surface area (Å²) >= 11 is 0. The number of hydrogen-bond acceptors (Lipinski definition) is 3. The third-order valence-electron chi connectivity index (χ3n) is 3.44. The molecule has 1 aliphatic rings. The van der Waals surface area contributed by atoms with Crippen molar-refractivity contribution >= 4 is 11.8 Å². The monoisotopic (exact) mass is 255 g/mol. The summed E-state index contributed by atoms with van der Waals surface area (Å²) in [5.74, 6) is -0.0813. The molecule has 2 N–H and O–H groups in total. The van der Waals surface area contributed by atoms with Gasteiger partial charge in [-0.15, -0.1) is 0 Å². The fourth-order valence-corrected chi connectivity index (χ4v) is 2.17. The van der Waals surface area contributed by atoms with Gasteiger partial charge in [-0.3, -0.25) is 9.59 Å². The third kappa shape index (κ3) is 4.64. The number of piperidine rings is 1. The van der Waals surface area contributed by atoms with Crippen LogP contribution in [0.25, 0.3) is 0 Å². The van der Waals surface area contributed by atoms with Gasteiger partial charge in [-0.1, -0.05) is 6.42 Å². The van der Waals surface area contributed by atoms with E-state index in [0.29, 0.717) is 13.0 Å². The van der Waals surface area contributed by atoms with E-state index in [1.807, 2.05) is 6.92 Å². The van der Waals surface area contributed by atoms with Crippen LogP contribution in [-0.4, -0.2) is 48.9 Å². The molecule has 0 aromatic carbocycles. The summed E-state index contributed by atoms with van der Waals surface area (Å²) in [6.45, 7) is 5.30. The molecule has 5 heteroatoms. The Balaban J connectivity index is 2.32. The Morgan fingerprint density at radius 3 is 2.72 bits per heavy atom. The number of carbonyl (C=O) groups is 2. The third-order valence-corrected chi connectivity index (χ3v) is 3.44. The molecule has 2 amide bonds. The van der Waals surface area contributed by atoms with Crippen molar-refractivity contribution in [1.29, 1.82) is 0 Å². The van der Waals surface area contributed by atoms with Crippen LogP contribution in [0.4, 0.5) is 0 Å². The molecule has 0 saturated carbocycles. The Morgan fingerprint density at radius 2 is 2.17 bits per heavy atom. The Hall–Kier alpha value is -1.10. The molecule has 1 rings (SSSR count). The van der Waals surface area contributed by atoms with Crippen LogP contribution in [0.1, 0.15) is 39.5 Å². The molecule has 1 heterocycles. The second-order valence-corrected chi connectivity index (χ2v) is 4.99. The number of carbonyl (C=O) groups excluding carboxylic acids is 2. The summed E-state index contributed by atoms with van der Waals surface area (Å²) in [5, 5.41) is 6.10. The second-order valence-electron chi connectivity index (χ2n) is 4.99. The summed E-state index contributed by atoms with van der Waals surface area (Å²) in [6, 6.07) is -0.170. The zero-order chi connectivity index (χ0) is 13.5. The Labute approximate surface area is 109 Å². The van der Waals surface area contributed by atoms with Crippen LogP contribution in [0.2, 0.25) is 0 Å². The van der Waals surface area contributed by atoms with Gasteiger partial charge < -0.3 is 15.5 Å². The van der Waals surface area contributed by atoms with Gasteiger partial charge in [0.05, 0.1) is 0 Å². The quantitative estimate of drug-likeness (QED) is 0.752. The largest absolute Gasteiger partial charge is 0.345 e. The summed E-state index contributed by atoms with van der Waals surface area (Å²) in [5.41, 5.74) is 0. The lowest BCUT2D eigenvalue weighted by Crippen LogP contribution is -2.47. The molecule has 1 saturated heterocycles. The Morgan fingerprint density at radius 1 is 1.44 bits per heavy atom. The van der Waals surface area contributed by atoms with Crippen molar-refractivity contribution in [2.24, 2.45) is 0 Å². The van der Waals surface area contributed by atoms with E-state index in [9.17, 15) is 9.59 Å². The maximum Gasteiger partial charge on any atom is 0.244 e. The van der Waals surface area contributed by atoms with Crippen LogP contribution < -0.4 is 10.6 Å². The first-order valence-corrected chi connectivity index (χ1v) is 6.82. The van der Waals surface area contributed by atoms with Crippen molar-refractivity contribution in [2.75, 3.05) is 20.1 Å². The van der Waals surface area contributed by atoms with Crippen LogP contribution in [0, 0.1) is 0 Å². The summed E-state index contributed by atoms with van der Waals surface area (Å²) in [6.07, 6.45) is 3.88. The molecule has 5 nitrogen and oxygen atoms in total. The number of nitrogens with one attached hydrogen (secondary N) is 2. The fraction of sp³-hybridized carbons (Fsp3) is 0.846. The minimum absolute atomic E-state index is 0.0394. The molecule has 104 valence electrons. The molecular formula is C13H25N3O2. The van der Waals surface area contributed by atoms with Crippen molar-refractivity contribution in [2.45, 2.75) is 51.6 Å². The van der Waals surface area contributed by atoms with E-state index in [-0.39, 0.29) is 17.9 Å².